The number of rotatable bonds is 13. The first-order chi connectivity index (χ1) is 35.0. The minimum absolute atomic E-state index is 0.190. The number of aromatic carboxylic acids is 2. The first-order valence-corrected chi connectivity index (χ1v) is 23.4. The number of carbonyl (C=O) groups is 4. The molecule has 73 heavy (non-hydrogen) atoms. The number of aromatic nitrogens is 5. The van der Waals surface area contributed by atoms with Crippen LogP contribution in [0.1, 0.15) is 73.2 Å². The Morgan fingerprint density at radius 2 is 1.26 bits per heavy atom. The Bertz CT molecular complexity index is 3270. The number of thiol groups is 1. The number of aromatic amines is 2. The van der Waals surface area contributed by atoms with Crippen molar-refractivity contribution < 1.29 is 34.1 Å². The molecule has 5 heterocycles. The van der Waals surface area contributed by atoms with Gasteiger partial charge in [0, 0.05) is 53.5 Å². The van der Waals surface area contributed by atoms with Crippen LogP contribution in [-0.2, 0) is 21.2 Å². The number of halogens is 1. The molecule has 0 aliphatic heterocycles. The number of ether oxygens (including phenoxy) is 1. The monoisotopic (exact) mass is 1060 g/mol. The maximum atomic E-state index is 12.0. The van der Waals surface area contributed by atoms with Crippen LogP contribution in [0.5, 0.6) is 0 Å². The number of carboxylic acid groups (broad SMARTS) is 2. The zero-order valence-corrected chi connectivity index (χ0v) is 41.7. The second-order valence-electron chi connectivity index (χ2n) is 14.0. The molecule has 22 heteroatoms. The van der Waals surface area contributed by atoms with Crippen LogP contribution >= 0.6 is 48.2 Å². The second kappa shape index (κ2) is 31.4. The first kappa shape index (κ1) is 58.5. The van der Waals surface area contributed by atoms with Crippen molar-refractivity contribution in [2.75, 3.05) is 6.61 Å². The largest absolute Gasteiger partial charge is 0.478 e. The van der Waals surface area contributed by atoms with Crippen LogP contribution < -0.4 is 16.9 Å². The Hall–Kier alpha value is -8.78. The van der Waals surface area contributed by atoms with Crippen LogP contribution in [-0.4, -0.2) is 70.4 Å². The highest BCUT2D eigenvalue weighted by Crippen LogP contribution is 2.30. The van der Waals surface area contributed by atoms with E-state index in [1.165, 1.54) is 36.2 Å². The SMILES string of the molecule is CCOC(=O)CC(=O)c1ccccn1.N#CCC(N)=S.N#Cc1c(-c2ccccn2)cc(=O)[nH]c1S.N#Cc1c(-c2ccccn2)cc(=O)[nH]c1SCc1cccc(C(=O)O)c1.O=C(O)c1cccc(CCl)c1. The third kappa shape index (κ3) is 20.2. The van der Waals surface area contributed by atoms with Gasteiger partial charge in [-0.2, -0.15) is 15.8 Å². The van der Waals surface area contributed by atoms with Crippen molar-refractivity contribution in [3.8, 4) is 40.7 Å². The van der Waals surface area contributed by atoms with Crippen LogP contribution in [0.25, 0.3) is 22.5 Å². The summed E-state index contributed by atoms with van der Waals surface area (Å²) in [5.41, 5.74) is 9.41. The standard InChI is InChI=1S/C19H13N3O3S.C11H7N3OS.C10H11NO3.C8H7ClO2.C3H4N2S/c20-10-15-14(16-6-1-2-7-21-16)9-17(23)22-18(15)26-11-12-4-3-5-13(8-12)19(24)25;12-6-8-7(5-10(15)14-11(8)16)9-3-1-2-4-13-9;1-2-14-10(13)7-9(12)8-5-3-4-6-11-8;9-5-6-2-1-3-7(4-6)8(10)11;4-2-1-3(5)6/h1-9H,11H2,(H,22,23)(H,24,25);1-5H,(H2,14,15,16);3-6H,2,7H2,1H3;1-4H,5H2,(H,10,11);1H2,(H2,5,6). The number of carboxylic acids is 2. The number of thiocarbonyl (C=S) groups is 1. The molecule has 0 amide bonds. The highest BCUT2D eigenvalue weighted by molar-refractivity contribution is 7.98. The van der Waals surface area contributed by atoms with Crippen LogP contribution in [0.3, 0.4) is 0 Å². The molecule has 0 fully saturated rings. The number of Topliss-reactive ketones (excluding diaryl/α,β-unsaturated/α-hetero) is 1. The predicted octanol–water partition coefficient (Wildman–Crippen LogP) is 8.42. The fourth-order valence-electron chi connectivity index (χ4n) is 5.64. The van der Waals surface area contributed by atoms with Gasteiger partial charge < -0.3 is 30.7 Å². The minimum Gasteiger partial charge on any atom is -0.478 e. The molecule has 0 spiro atoms. The highest BCUT2D eigenvalue weighted by atomic mass is 35.5. The summed E-state index contributed by atoms with van der Waals surface area (Å²) < 4.78 is 4.65. The molecular weight excluding hydrogens is 1010 g/mol. The molecule has 0 bridgehead atoms. The molecule has 370 valence electrons. The molecule has 18 nitrogen and oxygen atoms in total. The summed E-state index contributed by atoms with van der Waals surface area (Å²) in [7, 11) is 0. The summed E-state index contributed by atoms with van der Waals surface area (Å²) in [6.45, 7) is 1.98. The van der Waals surface area contributed by atoms with Crippen LogP contribution in [0.4, 0.5) is 0 Å². The number of benzene rings is 2. The summed E-state index contributed by atoms with van der Waals surface area (Å²) in [4.78, 5) is 84.7. The fraction of sp³-hybridized carbons (Fsp3) is 0.118. The van der Waals surface area contributed by atoms with Crippen molar-refractivity contribution in [2.24, 2.45) is 5.73 Å². The lowest BCUT2D eigenvalue weighted by atomic mass is 10.1. The first-order valence-electron chi connectivity index (χ1n) is 21.0. The van der Waals surface area contributed by atoms with Crippen LogP contribution in [0.2, 0.25) is 0 Å². The lowest BCUT2D eigenvalue weighted by Crippen LogP contribution is -2.12. The van der Waals surface area contributed by atoms with Gasteiger partial charge in [-0.3, -0.25) is 34.1 Å². The zero-order chi connectivity index (χ0) is 53.7. The van der Waals surface area contributed by atoms with Gasteiger partial charge in [0.15, 0.2) is 5.78 Å². The molecule has 5 aromatic heterocycles. The summed E-state index contributed by atoms with van der Waals surface area (Å²) in [5.74, 6) is -1.98. The Kier molecular flexibility index (Phi) is 25.2. The molecule has 0 aliphatic carbocycles. The van der Waals surface area contributed by atoms with E-state index in [0.29, 0.717) is 56.0 Å². The molecule has 0 radical (unpaired) electrons. The molecular formula is C51H42ClN9O9S3. The Morgan fingerprint density at radius 3 is 1.71 bits per heavy atom. The number of ketones is 1. The van der Waals surface area contributed by atoms with Crippen molar-refractivity contribution >= 4 is 76.9 Å². The molecule has 6 N–H and O–H groups in total. The molecule has 7 rings (SSSR count). The van der Waals surface area contributed by atoms with Crippen molar-refractivity contribution in [1.82, 2.24) is 24.9 Å². The average Bonchev–Trinajstić information content (AvgIpc) is 3.39. The Morgan fingerprint density at radius 1 is 0.740 bits per heavy atom. The molecule has 0 saturated carbocycles. The molecule has 2 aromatic carbocycles. The van der Waals surface area contributed by atoms with E-state index in [0.717, 1.165) is 11.1 Å². The predicted molar refractivity (Wildman–Crippen MR) is 280 cm³/mol. The van der Waals surface area contributed by atoms with E-state index in [2.05, 4.69) is 60.6 Å². The summed E-state index contributed by atoms with van der Waals surface area (Å²) in [6, 6.07) is 37.3. The van der Waals surface area contributed by atoms with Crippen molar-refractivity contribution in [3.63, 3.8) is 0 Å². The summed E-state index contributed by atoms with van der Waals surface area (Å²) in [5, 5.41) is 44.7. The van der Waals surface area contributed by atoms with Gasteiger partial charge in [-0.15, -0.1) is 36.0 Å². The third-order valence-electron chi connectivity index (χ3n) is 8.84. The van der Waals surface area contributed by atoms with E-state index in [1.807, 2.05) is 6.07 Å². The lowest BCUT2D eigenvalue weighted by Gasteiger charge is -2.09. The van der Waals surface area contributed by atoms with Gasteiger partial charge in [-0.1, -0.05) is 54.7 Å². The van der Waals surface area contributed by atoms with Crippen molar-refractivity contribution in [3.05, 3.63) is 194 Å². The van der Waals surface area contributed by atoms with Gasteiger partial charge in [0.2, 0.25) is 11.1 Å². The number of nitrogens with two attached hydrogens (primary N) is 1. The number of hydrogen-bond donors (Lipinski definition) is 6. The van der Waals surface area contributed by atoms with Crippen molar-refractivity contribution in [2.45, 2.75) is 41.5 Å². The van der Waals surface area contributed by atoms with E-state index < -0.39 is 17.9 Å². The van der Waals surface area contributed by atoms with E-state index in [9.17, 15) is 34.0 Å². The van der Waals surface area contributed by atoms with Gasteiger partial charge >= 0.3 is 17.9 Å². The number of hydrogen-bond acceptors (Lipinski definition) is 16. The molecule has 0 aliphatic rings. The summed E-state index contributed by atoms with van der Waals surface area (Å²) in [6.07, 6.45) is 4.66. The number of esters is 1. The number of alkyl halides is 1. The Balaban J connectivity index is 0.000000259. The van der Waals surface area contributed by atoms with Gasteiger partial charge in [0.1, 0.15) is 24.3 Å². The minimum atomic E-state index is -1.000. The lowest BCUT2D eigenvalue weighted by molar-refractivity contribution is -0.142. The molecule has 7 aromatic rings. The highest BCUT2D eigenvalue weighted by Gasteiger charge is 2.16. The fourth-order valence-corrected chi connectivity index (χ4v) is 7.11. The number of thioether (sulfide) groups is 1. The van der Waals surface area contributed by atoms with Gasteiger partial charge in [-0.25, -0.2) is 9.59 Å². The van der Waals surface area contributed by atoms with Crippen LogP contribution in [0, 0.1) is 34.0 Å². The zero-order valence-electron chi connectivity index (χ0n) is 38.4. The number of nitrogens with zero attached hydrogens (tertiary/aromatic N) is 6. The number of pyridine rings is 5. The van der Waals surface area contributed by atoms with E-state index in [4.69, 9.17) is 38.1 Å². The normalized spacial score (nSPS) is 9.59. The molecule has 0 saturated heterocycles. The van der Waals surface area contributed by atoms with Gasteiger partial charge in [0.25, 0.3) is 0 Å². The van der Waals surface area contributed by atoms with E-state index in [-0.39, 0.29) is 57.5 Å². The maximum absolute atomic E-state index is 12.0. The average molecular weight is 1060 g/mol. The number of carbonyl (C=O) groups excluding carboxylic acids is 2. The van der Waals surface area contributed by atoms with E-state index >= 15 is 0 Å². The second-order valence-corrected chi connectivity index (χ2v) is 16.3. The van der Waals surface area contributed by atoms with E-state index in [1.54, 1.807) is 122 Å². The van der Waals surface area contributed by atoms with Gasteiger partial charge in [-0.05, 0) is 78.7 Å². The topological polar surface area (TPSA) is 320 Å². The summed E-state index contributed by atoms with van der Waals surface area (Å²) >= 11 is 15.2. The molecule has 0 atom stereocenters. The van der Waals surface area contributed by atoms with Crippen molar-refractivity contribution in [1.29, 1.82) is 15.8 Å². The number of H-pyrrole nitrogens is 2. The smallest absolute Gasteiger partial charge is 0.335 e. The molecule has 0 unspecified atom stereocenters. The Labute approximate surface area is 437 Å². The maximum Gasteiger partial charge on any atom is 0.335 e. The van der Waals surface area contributed by atoms with Crippen LogP contribution in [0.15, 0.2) is 153 Å². The quantitative estimate of drug-likeness (QED) is 0.0120. The third-order valence-corrected chi connectivity index (χ3v) is 10.7. The number of nitrogens with one attached hydrogen (secondary N) is 2. The van der Waals surface area contributed by atoms with Gasteiger partial charge in [0.05, 0.1) is 67.8 Å². The number of nitriles is 3.